The number of aliphatic hydroxyl groups is 2. The molecule has 2 atom stereocenters. The minimum atomic E-state index is -0.664. The number of rotatable bonds is 31. The molecular formula is C37H69NO3. The average molecular weight is 576 g/mol. The Kier molecular flexibility index (Phi) is 32.0. The van der Waals surface area contributed by atoms with Crippen LogP contribution in [0.5, 0.6) is 0 Å². The van der Waals surface area contributed by atoms with Crippen LogP contribution in [0.1, 0.15) is 174 Å². The third-order valence-corrected chi connectivity index (χ3v) is 7.92. The molecule has 0 radical (unpaired) electrons. The van der Waals surface area contributed by atoms with Gasteiger partial charge in [0.25, 0.3) is 0 Å². The predicted octanol–water partition coefficient (Wildman–Crippen LogP) is 10.3. The van der Waals surface area contributed by atoms with Crippen LogP contribution in [0.3, 0.4) is 0 Å². The van der Waals surface area contributed by atoms with E-state index in [0.29, 0.717) is 12.8 Å². The highest BCUT2D eigenvalue weighted by Gasteiger charge is 2.19. The van der Waals surface area contributed by atoms with Gasteiger partial charge < -0.3 is 15.5 Å². The number of nitrogens with one attached hydrogen (secondary N) is 1. The van der Waals surface area contributed by atoms with E-state index < -0.39 is 12.1 Å². The molecule has 0 aliphatic heterocycles. The van der Waals surface area contributed by atoms with E-state index in [1.165, 1.54) is 89.9 Å². The molecule has 4 heteroatoms. The van der Waals surface area contributed by atoms with Crippen molar-refractivity contribution >= 4 is 5.91 Å². The first-order valence-corrected chi connectivity index (χ1v) is 17.7. The Morgan fingerprint density at radius 2 is 1.07 bits per heavy atom. The summed E-state index contributed by atoms with van der Waals surface area (Å²) >= 11 is 0. The van der Waals surface area contributed by atoms with Gasteiger partial charge in [-0.3, -0.25) is 4.79 Å². The Balaban J connectivity index is 3.62. The molecule has 240 valence electrons. The fraction of sp³-hybridized carbons (Fsp3) is 0.811. The summed E-state index contributed by atoms with van der Waals surface area (Å²) in [4.78, 5) is 12.3. The fourth-order valence-corrected chi connectivity index (χ4v) is 5.20. The lowest BCUT2D eigenvalue weighted by Gasteiger charge is -2.22. The third-order valence-electron chi connectivity index (χ3n) is 7.92. The second-order valence-corrected chi connectivity index (χ2v) is 11.9. The first kappa shape index (κ1) is 39.6. The van der Waals surface area contributed by atoms with Crippen molar-refractivity contribution in [2.24, 2.45) is 0 Å². The Hall–Kier alpha value is -1.39. The maximum atomic E-state index is 12.3. The molecule has 2 unspecified atom stereocenters. The average Bonchev–Trinajstić information content (AvgIpc) is 2.97. The van der Waals surface area contributed by atoms with Crippen molar-refractivity contribution in [1.29, 1.82) is 0 Å². The van der Waals surface area contributed by atoms with Gasteiger partial charge >= 0.3 is 0 Å². The van der Waals surface area contributed by atoms with Crippen LogP contribution in [0, 0.1) is 0 Å². The van der Waals surface area contributed by atoms with Crippen molar-refractivity contribution in [3.63, 3.8) is 0 Å². The van der Waals surface area contributed by atoms with Crippen LogP contribution in [-0.4, -0.2) is 34.9 Å². The van der Waals surface area contributed by atoms with E-state index in [9.17, 15) is 15.0 Å². The number of hydrogen-bond donors (Lipinski definition) is 3. The molecule has 0 fully saturated rings. The quantitative estimate of drug-likeness (QED) is 0.0569. The van der Waals surface area contributed by atoms with Crippen LogP contribution in [-0.2, 0) is 4.79 Å². The lowest BCUT2D eigenvalue weighted by Crippen LogP contribution is -2.45. The Labute approximate surface area is 255 Å². The van der Waals surface area contributed by atoms with Gasteiger partial charge in [-0.05, 0) is 44.9 Å². The summed E-state index contributed by atoms with van der Waals surface area (Å²) in [5.74, 6) is -0.0507. The first-order valence-electron chi connectivity index (χ1n) is 17.7. The number of hydrogen-bond acceptors (Lipinski definition) is 3. The smallest absolute Gasteiger partial charge is 0.220 e. The van der Waals surface area contributed by atoms with Crippen LogP contribution in [0.25, 0.3) is 0 Å². The van der Waals surface area contributed by atoms with Crippen LogP contribution < -0.4 is 5.32 Å². The standard InChI is InChI=1S/C37H69NO3/c1-3-5-7-9-11-13-15-17-19-21-23-25-27-29-31-33-37(41)38-35(34-39)36(40)32-30-28-26-24-22-20-18-16-14-12-10-8-6-4-2/h5,7,11,13,17,19,35-36,39-40H,3-4,6,8-10,12,14-16,18,20-34H2,1-2H3,(H,38,41)/b7-5-,13-11-,19-17-. The molecule has 0 bridgehead atoms. The summed E-state index contributed by atoms with van der Waals surface area (Å²) in [5, 5.41) is 23.0. The summed E-state index contributed by atoms with van der Waals surface area (Å²) in [5.41, 5.74) is 0. The zero-order valence-corrected chi connectivity index (χ0v) is 27.3. The van der Waals surface area contributed by atoms with Crippen molar-refractivity contribution in [2.45, 2.75) is 187 Å². The van der Waals surface area contributed by atoms with Gasteiger partial charge in [0.05, 0.1) is 18.8 Å². The molecule has 41 heavy (non-hydrogen) atoms. The molecule has 3 N–H and O–H groups in total. The molecule has 1 amide bonds. The second-order valence-electron chi connectivity index (χ2n) is 11.9. The summed E-state index contributed by atoms with van der Waals surface area (Å²) in [6.07, 6.45) is 41.9. The largest absolute Gasteiger partial charge is 0.394 e. The zero-order valence-electron chi connectivity index (χ0n) is 27.3. The zero-order chi connectivity index (χ0) is 30.1. The highest BCUT2D eigenvalue weighted by molar-refractivity contribution is 5.76. The lowest BCUT2D eigenvalue weighted by atomic mass is 10.0. The van der Waals surface area contributed by atoms with Crippen molar-refractivity contribution < 1.29 is 15.0 Å². The molecule has 0 aromatic rings. The normalized spacial score (nSPS) is 13.6. The maximum Gasteiger partial charge on any atom is 0.220 e. The lowest BCUT2D eigenvalue weighted by molar-refractivity contribution is -0.123. The highest BCUT2D eigenvalue weighted by Crippen LogP contribution is 2.15. The Bertz CT molecular complexity index is 628. The van der Waals surface area contributed by atoms with Crippen LogP contribution in [0.15, 0.2) is 36.5 Å². The van der Waals surface area contributed by atoms with Crippen molar-refractivity contribution in [3.05, 3.63) is 36.5 Å². The summed E-state index contributed by atoms with van der Waals surface area (Å²) in [6.45, 7) is 4.22. The van der Waals surface area contributed by atoms with E-state index in [0.717, 1.165) is 57.8 Å². The SMILES string of the molecule is CC/C=C\C/C=C\C/C=C\CCCCCCCC(=O)NC(CO)C(O)CCCCCCCCCCCCCCCC. The molecule has 0 rings (SSSR count). The molecule has 0 saturated carbocycles. The van der Waals surface area contributed by atoms with Gasteiger partial charge in [0.1, 0.15) is 0 Å². The number of carbonyl (C=O) groups excluding carboxylic acids is 1. The van der Waals surface area contributed by atoms with Gasteiger partial charge in [-0.2, -0.15) is 0 Å². The topological polar surface area (TPSA) is 69.6 Å². The van der Waals surface area contributed by atoms with Crippen LogP contribution >= 0.6 is 0 Å². The predicted molar refractivity (Wildman–Crippen MR) is 179 cm³/mol. The maximum absolute atomic E-state index is 12.3. The van der Waals surface area contributed by atoms with Gasteiger partial charge in [-0.25, -0.2) is 0 Å². The van der Waals surface area contributed by atoms with E-state index in [-0.39, 0.29) is 12.5 Å². The van der Waals surface area contributed by atoms with E-state index in [2.05, 4.69) is 55.6 Å². The second kappa shape index (κ2) is 33.1. The summed E-state index contributed by atoms with van der Waals surface area (Å²) < 4.78 is 0. The molecule has 0 aliphatic rings. The van der Waals surface area contributed by atoms with Gasteiger partial charge in [-0.15, -0.1) is 0 Å². The number of amides is 1. The fourth-order valence-electron chi connectivity index (χ4n) is 5.20. The molecule has 0 spiro atoms. The van der Waals surface area contributed by atoms with Gasteiger partial charge in [0, 0.05) is 6.42 Å². The number of unbranched alkanes of at least 4 members (excludes halogenated alkanes) is 18. The van der Waals surface area contributed by atoms with Gasteiger partial charge in [-0.1, -0.05) is 159 Å². The van der Waals surface area contributed by atoms with E-state index in [1.807, 2.05) is 0 Å². The van der Waals surface area contributed by atoms with Crippen LogP contribution in [0.4, 0.5) is 0 Å². The monoisotopic (exact) mass is 576 g/mol. The van der Waals surface area contributed by atoms with Crippen molar-refractivity contribution in [3.8, 4) is 0 Å². The molecule has 0 aliphatic carbocycles. The Morgan fingerprint density at radius 1 is 0.610 bits per heavy atom. The number of aliphatic hydroxyl groups excluding tert-OH is 2. The Morgan fingerprint density at radius 3 is 1.61 bits per heavy atom. The van der Waals surface area contributed by atoms with E-state index in [1.54, 1.807) is 0 Å². The molecular weight excluding hydrogens is 506 g/mol. The summed E-state index contributed by atoms with van der Waals surface area (Å²) in [7, 11) is 0. The van der Waals surface area contributed by atoms with E-state index >= 15 is 0 Å². The minimum Gasteiger partial charge on any atom is -0.394 e. The highest BCUT2D eigenvalue weighted by atomic mass is 16.3. The molecule has 0 aromatic carbocycles. The van der Waals surface area contributed by atoms with E-state index in [4.69, 9.17) is 0 Å². The van der Waals surface area contributed by atoms with Gasteiger partial charge in [0.15, 0.2) is 0 Å². The molecule has 0 aromatic heterocycles. The molecule has 4 nitrogen and oxygen atoms in total. The van der Waals surface area contributed by atoms with Crippen molar-refractivity contribution in [2.75, 3.05) is 6.61 Å². The minimum absolute atomic E-state index is 0.0507. The van der Waals surface area contributed by atoms with Crippen molar-refractivity contribution in [1.82, 2.24) is 5.32 Å². The molecule has 0 heterocycles. The van der Waals surface area contributed by atoms with Gasteiger partial charge in [0.2, 0.25) is 5.91 Å². The van der Waals surface area contributed by atoms with Crippen LogP contribution in [0.2, 0.25) is 0 Å². The first-order chi connectivity index (χ1) is 20.2. The number of carbonyl (C=O) groups is 1. The number of allylic oxidation sites excluding steroid dienone is 6. The molecule has 0 saturated heterocycles. The third kappa shape index (κ3) is 29.9. The summed E-state index contributed by atoms with van der Waals surface area (Å²) in [6, 6.07) is -0.543.